The van der Waals surface area contributed by atoms with E-state index in [-0.39, 0.29) is 3.70 Å². The van der Waals surface area contributed by atoms with Gasteiger partial charge >= 0.3 is 6.36 Å². The van der Waals surface area contributed by atoms with Gasteiger partial charge in [-0.2, -0.15) is 0 Å². The highest BCUT2D eigenvalue weighted by molar-refractivity contribution is 14.1. The number of hydrogen-bond acceptors (Lipinski definition) is 4. The fourth-order valence-electron chi connectivity index (χ4n) is 0.923. The molecule has 1 aromatic heterocycles. The van der Waals surface area contributed by atoms with Crippen LogP contribution in [0.15, 0.2) is 11.1 Å². The van der Waals surface area contributed by atoms with Crippen LogP contribution in [-0.4, -0.2) is 19.8 Å². The van der Waals surface area contributed by atoms with Gasteiger partial charge in [-0.05, 0) is 41.1 Å². The van der Waals surface area contributed by atoms with Gasteiger partial charge < -0.3 is 4.74 Å². The molecule has 0 spiro atoms. The van der Waals surface area contributed by atoms with Crippen molar-refractivity contribution in [3.05, 3.63) is 15.3 Å². The summed E-state index contributed by atoms with van der Waals surface area (Å²) in [6.07, 6.45) is -5.02. The van der Waals surface area contributed by atoms with E-state index in [2.05, 4.69) is 9.72 Å². The molecule has 0 saturated carbocycles. The molecule has 0 aromatic carbocycles. The van der Waals surface area contributed by atoms with Gasteiger partial charge in [0.25, 0.3) is 9.05 Å². The van der Waals surface area contributed by atoms with E-state index in [1.165, 1.54) is 6.92 Å². The first-order valence-electron chi connectivity index (χ1n) is 3.88. The third-order valence-corrected chi connectivity index (χ3v) is 3.82. The summed E-state index contributed by atoms with van der Waals surface area (Å²) in [6, 6.07) is 0.914. The van der Waals surface area contributed by atoms with Gasteiger partial charge in [-0.3, -0.25) is 0 Å². The van der Waals surface area contributed by atoms with Crippen LogP contribution in [0.2, 0.25) is 0 Å². The van der Waals surface area contributed by atoms with Crippen LogP contribution in [0.4, 0.5) is 13.2 Å². The van der Waals surface area contributed by atoms with Crippen LogP contribution in [0.5, 0.6) is 5.75 Å². The van der Waals surface area contributed by atoms with Crippen molar-refractivity contribution < 1.29 is 26.3 Å². The predicted molar refractivity (Wildman–Crippen MR) is 61.4 cm³/mol. The van der Waals surface area contributed by atoms with Crippen molar-refractivity contribution in [1.29, 1.82) is 0 Å². The maximum absolute atomic E-state index is 12.1. The number of ether oxygens (including phenoxy) is 1. The number of aryl methyl sites for hydroxylation is 1. The van der Waals surface area contributed by atoms with Crippen LogP contribution in [-0.2, 0) is 9.05 Å². The fourth-order valence-corrected chi connectivity index (χ4v) is 2.36. The van der Waals surface area contributed by atoms with Crippen LogP contribution in [0.25, 0.3) is 0 Å². The molecule has 0 aliphatic carbocycles. The summed E-state index contributed by atoms with van der Waals surface area (Å²) in [5, 5.41) is -0.952. The minimum Gasteiger partial charge on any atom is -0.403 e. The number of halogens is 5. The molecule has 1 aromatic rings. The molecule has 1 heterocycles. The summed E-state index contributed by atoms with van der Waals surface area (Å²) in [7, 11) is 0.562. The maximum Gasteiger partial charge on any atom is 0.573 e. The van der Waals surface area contributed by atoms with Gasteiger partial charge in [0.15, 0.2) is 5.75 Å². The van der Waals surface area contributed by atoms with Crippen molar-refractivity contribution >= 4 is 42.3 Å². The normalized spacial score (nSPS) is 12.6. The molecule has 4 nitrogen and oxygen atoms in total. The second kappa shape index (κ2) is 4.76. The SMILES string of the molecule is Cc1cc(OC(F)(F)F)c(S(=O)(=O)Cl)nc1I. The lowest BCUT2D eigenvalue weighted by molar-refractivity contribution is -0.275. The van der Waals surface area contributed by atoms with Crippen LogP contribution in [0, 0.1) is 10.6 Å². The van der Waals surface area contributed by atoms with Gasteiger partial charge in [-0.15, -0.1) is 13.2 Å². The predicted octanol–water partition coefficient (Wildman–Crippen LogP) is 2.82. The standard InChI is InChI=1S/C7H4ClF3INO3S/c1-3-2-4(16-7(9,10)11)6(13-5(3)12)17(8,14)15/h2H,1H3. The van der Waals surface area contributed by atoms with Crippen molar-refractivity contribution in [2.75, 3.05) is 0 Å². The molecule has 0 atom stereocenters. The van der Waals surface area contributed by atoms with E-state index >= 15 is 0 Å². The zero-order valence-corrected chi connectivity index (χ0v) is 11.8. The molecular weight excluding hydrogens is 397 g/mol. The van der Waals surface area contributed by atoms with E-state index in [0.717, 1.165) is 6.07 Å². The number of aromatic nitrogens is 1. The van der Waals surface area contributed by atoms with Gasteiger partial charge in [0.1, 0.15) is 3.70 Å². The number of pyridine rings is 1. The lowest BCUT2D eigenvalue weighted by atomic mass is 10.3. The Balaban J connectivity index is 3.42. The molecule has 10 heteroatoms. The Morgan fingerprint density at radius 3 is 2.41 bits per heavy atom. The number of hydrogen-bond donors (Lipinski definition) is 0. The Morgan fingerprint density at radius 2 is 2.00 bits per heavy atom. The molecule has 0 bridgehead atoms. The molecule has 0 radical (unpaired) electrons. The Morgan fingerprint density at radius 1 is 1.47 bits per heavy atom. The lowest BCUT2D eigenvalue weighted by Gasteiger charge is -2.12. The van der Waals surface area contributed by atoms with E-state index < -0.39 is 26.2 Å². The zero-order valence-electron chi connectivity index (χ0n) is 8.05. The van der Waals surface area contributed by atoms with Crippen molar-refractivity contribution in [2.45, 2.75) is 18.3 Å². The average Bonchev–Trinajstić information content (AvgIpc) is 2.06. The third-order valence-electron chi connectivity index (χ3n) is 1.54. The molecule has 96 valence electrons. The van der Waals surface area contributed by atoms with E-state index in [9.17, 15) is 21.6 Å². The van der Waals surface area contributed by atoms with Crippen molar-refractivity contribution in [2.24, 2.45) is 0 Å². The van der Waals surface area contributed by atoms with Crippen molar-refractivity contribution in [3.63, 3.8) is 0 Å². The van der Waals surface area contributed by atoms with Gasteiger partial charge in [-0.25, -0.2) is 13.4 Å². The van der Waals surface area contributed by atoms with Crippen LogP contribution >= 0.6 is 33.3 Å². The van der Waals surface area contributed by atoms with E-state index in [4.69, 9.17) is 10.7 Å². The molecule has 0 aliphatic heterocycles. The molecule has 1 rings (SSSR count). The van der Waals surface area contributed by atoms with Crippen LogP contribution < -0.4 is 4.74 Å². The number of alkyl halides is 3. The molecule has 0 N–H and O–H groups in total. The minimum absolute atomic E-state index is 0.219. The quantitative estimate of drug-likeness (QED) is 0.434. The summed E-state index contributed by atoms with van der Waals surface area (Å²) in [5.74, 6) is -0.939. The lowest BCUT2D eigenvalue weighted by Crippen LogP contribution is -2.19. The minimum atomic E-state index is -5.02. The summed E-state index contributed by atoms with van der Waals surface area (Å²) in [4.78, 5) is 3.47. The summed E-state index contributed by atoms with van der Waals surface area (Å²) in [5.41, 5.74) is 0.342. The van der Waals surface area contributed by atoms with Crippen molar-refractivity contribution in [1.82, 2.24) is 4.98 Å². The highest BCUT2D eigenvalue weighted by Crippen LogP contribution is 2.32. The first-order valence-corrected chi connectivity index (χ1v) is 7.27. The van der Waals surface area contributed by atoms with Gasteiger partial charge in [0.2, 0.25) is 5.03 Å². The highest BCUT2D eigenvalue weighted by Gasteiger charge is 2.34. The monoisotopic (exact) mass is 401 g/mol. The second-order valence-electron chi connectivity index (χ2n) is 2.89. The Labute approximate surface area is 113 Å². The zero-order chi connectivity index (χ0) is 13.4. The molecular formula is C7H4ClF3INO3S. The average molecular weight is 402 g/mol. The topological polar surface area (TPSA) is 56.3 Å². The Kier molecular flexibility index (Phi) is 4.14. The summed E-state index contributed by atoms with van der Waals surface area (Å²) in [6.45, 7) is 1.46. The van der Waals surface area contributed by atoms with Crippen LogP contribution in [0.1, 0.15) is 5.56 Å². The Bertz CT molecular complexity index is 546. The van der Waals surface area contributed by atoms with E-state index in [1.807, 2.05) is 0 Å². The van der Waals surface area contributed by atoms with Gasteiger partial charge in [0.05, 0.1) is 0 Å². The molecule has 0 amide bonds. The summed E-state index contributed by atoms with van der Waals surface area (Å²) >= 11 is 1.67. The second-order valence-corrected chi connectivity index (χ2v) is 6.39. The Hall–Kier alpha value is -0.290. The summed E-state index contributed by atoms with van der Waals surface area (Å²) < 4.78 is 62.1. The smallest absolute Gasteiger partial charge is 0.403 e. The van der Waals surface area contributed by atoms with E-state index in [1.54, 1.807) is 22.6 Å². The van der Waals surface area contributed by atoms with Gasteiger partial charge in [-0.1, -0.05) is 0 Å². The maximum atomic E-state index is 12.1. The molecule has 0 saturated heterocycles. The van der Waals surface area contributed by atoms with E-state index in [0.29, 0.717) is 5.56 Å². The van der Waals surface area contributed by atoms with Crippen molar-refractivity contribution in [3.8, 4) is 5.75 Å². The molecule has 0 fully saturated rings. The first kappa shape index (κ1) is 14.8. The molecule has 0 unspecified atom stereocenters. The third kappa shape index (κ3) is 4.14. The number of rotatable bonds is 2. The highest BCUT2D eigenvalue weighted by atomic mass is 127. The van der Waals surface area contributed by atoms with Gasteiger partial charge in [0, 0.05) is 10.7 Å². The first-order chi connectivity index (χ1) is 7.50. The number of nitrogens with zero attached hydrogens (tertiary/aromatic N) is 1. The van der Waals surface area contributed by atoms with Crippen LogP contribution in [0.3, 0.4) is 0 Å². The fraction of sp³-hybridized carbons (Fsp3) is 0.286. The molecule has 17 heavy (non-hydrogen) atoms. The largest absolute Gasteiger partial charge is 0.573 e. The molecule has 0 aliphatic rings.